The molecule has 0 radical (unpaired) electrons. The fourth-order valence-corrected chi connectivity index (χ4v) is 11.0. The van der Waals surface area contributed by atoms with Crippen LogP contribution in [0.1, 0.15) is 58.3 Å². The number of aliphatic hydroxyl groups excluding tert-OH is 2. The van der Waals surface area contributed by atoms with Crippen LogP contribution in [0.4, 0.5) is 0 Å². The second-order valence-electron chi connectivity index (χ2n) is 14.5. The molecule has 3 heterocycles. The zero-order valence-corrected chi connectivity index (χ0v) is 22.5. The number of ether oxygens (including phenoxy) is 6. The van der Waals surface area contributed by atoms with Crippen LogP contribution >= 0.6 is 0 Å². The molecule has 11 rings (SSSR count). The Morgan fingerprint density at radius 2 is 1.41 bits per heavy atom. The van der Waals surface area contributed by atoms with E-state index in [1.165, 1.54) is 0 Å². The lowest BCUT2D eigenvalue weighted by molar-refractivity contribution is -0.348. The number of aliphatic hydroxyl groups is 2. The Labute approximate surface area is 228 Å². The number of esters is 1. The van der Waals surface area contributed by atoms with E-state index in [0.717, 1.165) is 51.4 Å². The Morgan fingerprint density at radius 1 is 0.795 bits per heavy atom. The molecule has 3 aliphatic heterocycles. The molecule has 39 heavy (non-hydrogen) atoms. The van der Waals surface area contributed by atoms with Crippen LogP contribution in [0.15, 0.2) is 12.2 Å². The molecular weight excluding hydrogens is 504 g/mol. The normalized spacial score (nSPS) is 61.5. The molecule has 11 fully saturated rings. The quantitative estimate of drug-likeness (QED) is 0.408. The molecule has 214 valence electrons. The van der Waals surface area contributed by atoms with Crippen molar-refractivity contribution in [2.75, 3.05) is 6.61 Å². The highest BCUT2D eigenvalue weighted by atomic mass is 16.8. The Morgan fingerprint density at radius 3 is 2.08 bits per heavy atom. The van der Waals surface area contributed by atoms with E-state index in [1.807, 2.05) is 0 Å². The monoisotopic (exact) mass is 544 g/mol. The minimum absolute atomic E-state index is 0.0281. The zero-order valence-electron chi connectivity index (χ0n) is 22.5. The van der Waals surface area contributed by atoms with E-state index in [0.29, 0.717) is 35.9 Å². The topological polar surface area (TPSA) is 113 Å². The van der Waals surface area contributed by atoms with E-state index >= 15 is 0 Å². The first-order chi connectivity index (χ1) is 18.8. The van der Waals surface area contributed by atoms with Gasteiger partial charge in [0.1, 0.15) is 18.3 Å². The summed E-state index contributed by atoms with van der Waals surface area (Å²) in [5, 5.41) is 22.4. The summed E-state index contributed by atoms with van der Waals surface area (Å²) in [6.45, 7) is 5.68. The largest absolute Gasteiger partial charge is 0.429 e. The zero-order chi connectivity index (χ0) is 26.4. The Balaban J connectivity index is 1.02. The van der Waals surface area contributed by atoms with Gasteiger partial charge in [-0.25, -0.2) is 4.79 Å². The van der Waals surface area contributed by atoms with E-state index in [2.05, 4.69) is 6.58 Å². The highest BCUT2D eigenvalue weighted by Crippen LogP contribution is 2.65. The van der Waals surface area contributed by atoms with Crippen molar-refractivity contribution in [3.8, 4) is 0 Å². The van der Waals surface area contributed by atoms with Gasteiger partial charge < -0.3 is 38.6 Å². The van der Waals surface area contributed by atoms with Crippen molar-refractivity contribution in [3.63, 3.8) is 0 Å². The maximum atomic E-state index is 12.6. The molecule has 11 aliphatic rings. The van der Waals surface area contributed by atoms with Crippen molar-refractivity contribution in [1.82, 2.24) is 0 Å². The maximum absolute atomic E-state index is 12.6. The van der Waals surface area contributed by atoms with E-state index in [4.69, 9.17) is 28.4 Å². The van der Waals surface area contributed by atoms with Gasteiger partial charge >= 0.3 is 5.97 Å². The van der Waals surface area contributed by atoms with Gasteiger partial charge in [-0.05, 0) is 82.0 Å². The minimum Gasteiger partial charge on any atom is -0.429 e. The lowest BCUT2D eigenvalue weighted by atomic mass is 9.52. The summed E-state index contributed by atoms with van der Waals surface area (Å²) < 4.78 is 39.3. The summed E-state index contributed by atoms with van der Waals surface area (Å²) in [6.07, 6.45) is 4.05. The average Bonchev–Trinajstić information content (AvgIpc) is 3.60. The summed E-state index contributed by atoms with van der Waals surface area (Å²) in [6, 6.07) is 0. The third-order valence-electron chi connectivity index (χ3n) is 12.4. The summed E-state index contributed by atoms with van der Waals surface area (Å²) >= 11 is 0. The van der Waals surface area contributed by atoms with Crippen molar-refractivity contribution in [2.24, 2.45) is 47.3 Å². The number of fused-ring (bicyclic) bond motifs is 1. The van der Waals surface area contributed by atoms with Crippen molar-refractivity contribution in [1.29, 1.82) is 0 Å². The summed E-state index contributed by atoms with van der Waals surface area (Å²) in [5.74, 6) is 0.0514. The molecule has 0 aromatic rings. The Bertz CT molecular complexity index is 1100. The van der Waals surface area contributed by atoms with Crippen LogP contribution < -0.4 is 0 Å². The predicted molar refractivity (Wildman–Crippen MR) is 132 cm³/mol. The number of rotatable bonds is 3. The molecule has 8 aliphatic carbocycles. The van der Waals surface area contributed by atoms with Gasteiger partial charge in [-0.15, -0.1) is 0 Å². The van der Waals surface area contributed by atoms with Crippen LogP contribution in [0.2, 0.25) is 0 Å². The molecule has 2 spiro atoms. The van der Waals surface area contributed by atoms with Gasteiger partial charge in [0.2, 0.25) is 6.29 Å². The second-order valence-corrected chi connectivity index (χ2v) is 14.5. The summed E-state index contributed by atoms with van der Waals surface area (Å²) in [5.41, 5.74) is 0.291. The summed E-state index contributed by atoms with van der Waals surface area (Å²) in [7, 11) is 0. The Kier molecular flexibility index (Phi) is 5.07. The standard InChI is InChI=1S/C30H40O9/c1-12(2)27(33)36-28-26-25(38-30(39-26)18-6-14-4-16(10-18)23(32)20(30)8-14)24(35-28)21-11-34-29(37-21)17-5-13-3-15(9-17)22(31)19(29)7-13/h13-26,28,31-32H,1,3-11H2,2H3/t13?,14?,15?,16?,17?,18?,19?,20?,21?,22?,23?,24-,25+,26+,28?,29?,30?/m1/s1. The number of carbonyl (C=O) groups is 1. The number of carbonyl (C=O) groups excluding carboxylic acids is 1. The molecule has 14 unspecified atom stereocenters. The van der Waals surface area contributed by atoms with Crippen LogP contribution in [-0.2, 0) is 33.2 Å². The minimum atomic E-state index is -0.956. The van der Waals surface area contributed by atoms with E-state index in [9.17, 15) is 15.0 Å². The molecule has 8 saturated carbocycles. The lowest BCUT2D eigenvalue weighted by Gasteiger charge is -2.60. The predicted octanol–water partition coefficient (Wildman–Crippen LogP) is 2.28. The molecule has 9 heteroatoms. The fourth-order valence-electron chi connectivity index (χ4n) is 11.0. The van der Waals surface area contributed by atoms with E-state index in [-0.39, 0.29) is 23.7 Å². The molecular formula is C30H40O9. The molecule has 0 aromatic carbocycles. The fraction of sp³-hybridized carbons (Fsp3) is 0.900. The van der Waals surface area contributed by atoms with Gasteiger partial charge in [-0.3, -0.25) is 0 Å². The molecule has 3 saturated heterocycles. The van der Waals surface area contributed by atoms with Gasteiger partial charge in [-0.1, -0.05) is 6.58 Å². The Hall–Kier alpha value is -1.07. The van der Waals surface area contributed by atoms with Crippen molar-refractivity contribution in [3.05, 3.63) is 12.2 Å². The number of hydrogen-bond acceptors (Lipinski definition) is 9. The average molecular weight is 545 g/mol. The van der Waals surface area contributed by atoms with Gasteiger partial charge in [0, 0.05) is 29.2 Å². The SMILES string of the molecule is C=C(C)C(=O)OC1O[C@H](C2COC3(O2)C2CC4CC(C2)C(O)C3C4)[C@@H]2OC3(O[C@H]12)C1CC2CC(C1)C(O)C3C2. The highest BCUT2D eigenvalue weighted by Gasteiger charge is 2.73. The second kappa shape index (κ2) is 8.06. The van der Waals surface area contributed by atoms with Crippen molar-refractivity contribution < 1.29 is 43.4 Å². The first-order valence-corrected chi connectivity index (χ1v) is 15.3. The third-order valence-corrected chi connectivity index (χ3v) is 12.4. The molecule has 9 nitrogen and oxygen atoms in total. The van der Waals surface area contributed by atoms with E-state index in [1.54, 1.807) is 6.92 Å². The van der Waals surface area contributed by atoms with Gasteiger partial charge in [0.25, 0.3) is 0 Å². The van der Waals surface area contributed by atoms with Crippen LogP contribution in [-0.4, -0.2) is 77.3 Å². The van der Waals surface area contributed by atoms with Gasteiger partial charge in [-0.2, -0.15) is 0 Å². The van der Waals surface area contributed by atoms with Crippen LogP contribution in [0.25, 0.3) is 0 Å². The van der Waals surface area contributed by atoms with E-state index < -0.39 is 60.5 Å². The van der Waals surface area contributed by atoms with Crippen LogP contribution in [0.5, 0.6) is 0 Å². The molecule has 0 aromatic heterocycles. The number of hydrogen-bond donors (Lipinski definition) is 2. The summed E-state index contributed by atoms with van der Waals surface area (Å²) in [4.78, 5) is 12.6. The van der Waals surface area contributed by atoms with Gasteiger partial charge in [0.05, 0.1) is 18.8 Å². The molecule has 0 amide bonds. The molecule has 17 atom stereocenters. The van der Waals surface area contributed by atoms with Crippen LogP contribution in [0, 0.1) is 47.3 Å². The first kappa shape index (κ1) is 24.5. The molecule has 2 N–H and O–H groups in total. The van der Waals surface area contributed by atoms with Crippen molar-refractivity contribution in [2.45, 2.75) is 113 Å². The smallest absolute Gasteiger partial charge is 0.335 e. The first-order valence-electron chi connectivity index (χ1n) is 15.3. The molecule has 8 bridgehead atoms. The maximum Gasteiger partial charge on any atom is 0.335 e. The van der Waals surface area contributed by atoms with Crippen LogP contribution in [0.3, 0.4) is 0 Å². The highest BCUT2D eigenvalue weighted by molar-refractivity contribution is 5.87. The van der Waals surface area contributed by atoms with Crippen molar-refractivity contribution >= 4 is 5.97 Å². The third kappa shape index (κ3) is 3.13. The van der Waals surface area contributed by atoms with Gasteiger partial charge in [0.15, 0.2) is 17.7 Å². The lowest BCUT2D eigenvalue weighted by Crippen LogP contribution is -2.65.